The van der Waals surface area contributed by atoms with E-state index in [1.807, 2.05) is 6.26 Å². The summed E-state index contributed by atoms with van der Waals surface area (Å²) in [5, 5.41) is 0.687. The average Bonchev–Trinajstić information content (AvgIpc) is 2.47. The molecule has 2 heterocycles. The Morgan fingerprint density at radius 3 is 2.80 bits per heavy atom. The number of hydrogen-bond donors (Lipinski definition) is 0. The molecule has 20 heavy (non-hydrogen) atoms. The Morgan fingerprint density at radius 2 is 2.20 bits per heavy atom. The van der Waals surface area contributed by atoms with Crippen LogP contribution in [0.15, 0.2) is 11.4 Å². The number of carbonyl (C=O) groups excluding carboxylic acids is 1. The Morgan fingerprint density at radius 1 is 1.50 bits per heavy atom. The van der Waals surface area contributed by atoms with Crippen molar-refractivity contribution in [2.45, 2.75) is 31.8 Å². The van der Waals surface area contributed by atoms with E-state index in [1.165, 1.54) is 11.8 Å². The maximum absolute atomic E-state index is 12.0. The van der Waals surface area contributed by atoms with E-state index < -0.39 is 0 Å². The largest absolute Gasteiger partial charge is 0.462 e. The molecule has 0 unspecified atom stereocenters. The van der Waals surface area contributed by atoms with E-state index in [2.05, 4.69) is 21.8 Å². The molecule has 0 N–H and O–H groups in total. The first-order chi connectivity index (χ1) is 9.65. The molecule has 0 aliphatic carbocycles. The second-order valence-electron chi connectivity index (χ2n) is 4.98. The smallest absolute Gasteiger partial charge is 0.343 e. The number of anilines is 1. The second kappa shape index (κ2) is 6.92. The number of ether oxygens (including phenoxy) is 1. The summed E-state index contributed by atoms with van der Waals surface area (Å²) in [5.41, 5.74) is 0.471. The molecule has 1 aromatic heterocycles. The van der Waals surface area contributed by atoms with Crippen LogP contribution < -0.4 is 4.90 Å². The number of rotatable bonds is 4. The molecule has 1 aliphatic rings. The molecule has 5 nitrogen and oxygen atoms in total. The first-order valence-corrected chi connectivity index (χ1v) is 8.21. The Labute approximate surface area is 124 Å². The van der Waals surface area contributed by atoms with Crippen molar-refractivity contribution in [1.82, 2.24) is 9.97 Å². The van der Waals surface area contributed by atoms with Crippen molar-refractivity contribution in [3.05, 3.63) is 11.8 Å². The van der Waals surface area contributed by atoms with Crippen molar-refractivity contribution in [3.63, 3.8) is 0 Å². The summed E-state index contributed by atoms with van der Waals surface area (Å²) in [6.07, 6.45) is 5.77. The van der Waals surface area contributed by atoms with Gasteiger partial charge in [-0.05, 0) is 31.9 Å². The summed E-state index contributed by atoms with van der Waals surface area (Å²) in [5.74, 6) is 1.11. The number of hydrogen-bond acceptors (Lipinski definition) is 6. The van der Waals surface area contributed by atoms with E-state index in [0.717, 1.165) is 37.7 Å². The van der Waals surface area contributed by atoms with Gasteiger partial charge in [0, 0.05) is 19.3 Å². The van der Waals surface area contributed by atoms with Crippen LogP contribution in [0, 0.1) is 5.92 Å². The molecule has 110 valence electrons. The maximum Gasteiger partial charge on any atom is 0.343 e. The lowest BCUT2D eigenvalue weighted by Crippen LogP contribution is -2.35. The van der Waals surface area contributed by atoms with E-state index >= 15 is 0 Å². The first kappa shape index (κ1) is 15.1. The monoisotopic (exact) mass is 295 g/mol. The summed E-state index contributed by atoms with van der Waals surface area (Å²) in [6, 6.07) is 0. The molecule has 1 aromatic rings. The number of nitrogens with zero attached hydrogens (tertiary/aromatic N) is 3. The van der Waals surface area contributed by atoms with Crippen LogP contribution in [0.2, 0.25) is 0 Å². The van der Waals surface area contributed by atoms with Crippen molar-refractivity contribution in [1.29, 1.82) is 0 Å². The number of carbonyl (C=O) groups is 1. The topological polar surface area (TPSA) is 55.3 Å². The predicted molar refractivity (Wildman–Crippen MR) is 80.4 cm³/mol. The minimum Gasteiger partial charge on any atom is -0.462 e. The van der Waals surface area contributed by atoms with E-state index in [4.69, 9.17) is 4.74 Å². The maximum atomic E-state index is 12.0. The molecule has 0 atom stereocenters. The van der Waals surface area contributed by atoms with Crippen LogP contribution in [0.1, 0.15) is 37.0 Å². The van der Waals surface area contributed by atoms with E-state index in [0.29, 0.717) is 17.3 Å². The van der Waals surface area contributed by atoms with Gasteiger partial charge in [-0.1, -0.05) is 18.7 Å². The van der Waals surface area contributed by atoms with Gasteiger partial charge < -0.3 is 9.64 Å². The fourth-order valence-electron chi connectivity index (χ4n) is 2.27. The van der Waals surface area contributed by atoms with Crippen molar-refractivity contribution >= 4 is 23.5 Å². The Bertz CT molecular complexity index is 473. The molecule has 0 spiro atoms. The standard InChI is InChI=1S/C14H21N3O2S/c1-4-19-13(18)11-9-15-14(20-3)16-12(11)17-7-5-10(2)6-8-17/h9-10H,4-8H2,1-3H3. The third kappa shape index (κ3) is 3.42. The third-order valence-corrected chi connectivity index (χ3v) is 4.07. The van der Waals surface area contributed by atoms with E-state index in [-0.39, 0.29) is 5.97 Å². The zero-order chi connectivity index (χ0) is 14.5. The number of aromatic nitrogens is 2. The highest BCUT2D eigenvalue weighted by atomic mass is 32.2. The molecule has 0 radical (unpaired) electrons. The normalized spacial score (nSPS) is 16.2. The summed E-state index contributed by atoms with van der Waals surface area (Å²) < 4.78 is 5.10. The summed E-state index contributed by atoms with van der Waals surface area (Å²) in [7, 11) is 0. The van der Waals surface area contributed by atoms with Gasteiger partial charge in [0.2, 0.25) is 0 Å². The van der Waals surface area contributed by atoms with Crippen LogP contribution in [-0.2, 0) is 4.74 Å². The van der Waals surface area contributed by atoms with Gasteiger partial charge in [0.25, 0.3) is 0 Å². The van der Waals surface area contributed by atoms with Crippen LogP contribution >= 0.6 is 11.8 Å². The van der Waals surface area contributed by atoms with Gasteiger partial charge in [-0.3, -0.25) is 0 Å². The summed E-state index contributed by atoms with van der Waals surface area (Å²) in [6.45, 7) is 6.28. The summed E-state index contributed by atoms with van der Waals surface area (Å²) in [4.78, 5) is 22.9. The minimum absolute atomic E-state index is 0.339. The number of piperidine rings is 1. The SMILES string of the molecule is CCOC(=O)c1cnc(SC)nc1N1CCC(C)CC1. The average molecular weight is 295 g/mol. The Hall–Kier alpha value is -1.30. The van der Waals surface area contributed by atoms with Gasteiger partial charge in [-0.25, -0.2) is 14.8 Å². The number of thioether (sulfide) groups is 1. The van der Waals surface area contributed by atoms with Gasteiger partial charge in [0.15, 0.2) is 5.16 Å². The Balaban J connectivity index is 2.29. The molecule has 1 aliphatic heterocycles. The number of esters is 1. The summed E-state index contributed by atoms with van der Waals surface area (Å²) >= 11 is 1.48. The molecule has 1 saturated heterocycles. The fraction of sp³-hybridized carbons (Fsp3) is 0.643. The molecule has 6 heteroatoms. The highest BCUT2D eigenvalue weighted by molar-refractivity contribution is 7.98. The zero-order valence-electron chi connectivity index (χ0n) is 12.3. The van der Waals surface area contributed by atoms with Crippen LogP contribution in [-0.4, -0.2) is 41.9 Å². The quantitative estimate of drug-likeness (QED) is 0.483. The molecule has 0 aromatic carbocycles. The molecule has 1 fully saturated rings. The van der Waals surface area contributed by atoms with Gasteiger partial charge in [0.1, 0.15) is 11.4 Å². The fourth-order valence-corrected chi connectivity index (χ4v) is 2.61. The van der Waals surface area contributed by atoms with E-state index in [1.54, 1.807) is 13.1 Å². The van der Waals surface area contributed by atoms with Crippen LogP contribution in [0.5, 0.6) is 0 Å². The molecule has 0 bridgehead atoms. The molecular formula is C14H21N3O2S. The van der Waals surface area contributed by atoms with Crippen LogP contribution in [0.25, 0.3) is 0 Å². The predicted octanol–water partition coefficient (Wildman–Crippen LogP) is 2.61. The van der Waals surface area contributed by atoms with Crippen molar-refractivity contribution in [3.8, 4) is 0 Å². The van der Waals surface area contributed by atoms with Gasteiger partial charge in [0.05, 0.1) is 6.61 Å². The highest BCUT2D eigenvalue weighted by Gasteiger charge is 2.24. The van der Waals surface area contributed by atoms with Crippen LogP contribution in [0.3, 0.4) is 0 Å². The van der Waals surface area contributed by atoms with Gasteiger partial charge in [-0.15, -0.1) is 0 Å². The van der Waals surface area contributed by atoms with E-state index in [9.17, 15) is 4.79 Å². The molecule has 0 saturated carbocycles. The van der Waals surface area contributed by atoms with Gasteiger partial charge in [-0.2, -0.15) is 0 Å². The second-order valence-corrected chi connectivity index (χ2v) is 5.76. The third-order valence-electron chi connectivity index (χ3n) is 3.51. The van der Waals surface area contributed by atoms with Crippen molar-refractivity contribution < 1.29 is 9.53 Å². The van der Waals surface area contributed by atoms with Crippen molar-refractivity contribution in [2.24, 2.45) is 5.92 Å². The lowest BCUT2D eigenvalue weighted by Gasteiger charge is -2.32. The lowest BCUT2D eigenvalue weighted by molar-refractivity contribution is 0.0526. The molecule has 0 amide bonds. The Kier molecular flexibility index (Phi) is 5.23. The zero-order valence-corrected chi connectivity index (χ0v) is 13.1. The van der Waals surface area contributed by atoms with Gasteiger partial charge >= 0.3 is 5.97 Å². The molecular weight excluding hydrogens is 274 g/mol. The van der Waals surface area contributed by atoms with Crippen LogP contribution in [0.4, 0.5) is 5.82 Å². The first-order valence-electron chi connectivity index (χ1n) is 6.98. The molecule has 2 rings (SSSR count). The highest BCUT2D eigenvalue weighted by Crippen LogP contribution is 2.26. The van der Waals surface area contributed by atoms with Crippen molar-refractivity contribution in [2.75, 3.05) is 30.9 Å². The lowest BCUT2D eigenvalue weighted by atomic mass is 9.99. The minimum atomic E-state index is -0.339.